The Kier molecular flexibility index (Phi) is 2.35. The van der Waals surface area contributed by atoms with Gasteiger partial charge in [-0.25, -0.2) is 9.37 Å². The summed E-state index contributed by atoms with van der Waals surface area (Å²) in [5.41, 5.74) is 6.44. The molecule has 1 aromatic heterocycles. The zero-order valence-electron chi connectivity index (χ0n) is 9.24. The van der Waals surface area contributed by atoms with Gasteiger partial charge in [0.1, 0.15) is 5.82 Å². The largest absolute Gasteiger partial charge is 0.394 e. The first-order valence-corrected chi connectivity index (χ1v) is 5.00. The average molecular weight is 223 g/mol. The quantitative estimate of drug-likeness (QED) is 0.810. The number of nitrogen functional groups attached to an aromatic ring is 1. The number of nitrogens with zero attached hydrogens (tertiary/aromatic N) is 2. The Bertz CT molecular complexity index is 533. The van der Waals surface area contributed by atoms with E-state index in [1.165, 1.54) is 12.1 Å². The maximum atomic E-state index is 13.0. The minimum Gasteiger partial charge on any atom is -0.394 e. The van der Waals surface area contributed by atoms with Crippen molar-refractivity contribution in [2.45, 2.75) is 19.4 Å². The van der Waals surface area contributed by atoms with Gasteiger partial charge in [-0.3, -0.25) is 0 Å². The summed E-state index contributed by atoms with van der Waals surface area (Å²) in [4.78, 5) is 4.08. The Hall–Kier alpha value is -1.62. The molecule has 0 aliphatic carbocycles. The first kappa shape index (κ1) is 10.9. The van der Waals surface area contributed by atoms with E-state index in [4.69, 9.17) is 5.73 Å². The highest BCUT2D eigenvalue weighted by atomic mass is 19.1. The highest BCUT2D eigenvalue weighted by Gasteiger charge is 2.24. The van der Waals surface area contributed by atoms with Crippen LogP contribution in [0.4, 0.5) is 10.3 Å². The molecule has 4 nitrogen and oxygen atoms in total. The van der Waals surface area contributed by atoms with Crippen LogP contribution < -0.4 is 5.73 Å². The molecule has 0 aliphatic rings. The second-order valence-corrected chi connectivity index (χ2v) is 4.41. The van der Waals surface area contributed by atoms with E-state index in [9.17, 15) is 9.50 Å². The molecule has 0 saturated carbocycles. The summed E-state index contributed by atoms with van der Waals surface area (Å²) in [7, 11) is 0. The van der Waals surface area contributed by atoms with Crippen molar-refractivity contribution in [3.63, 3.8) is 0 Å². The Balaban J connectivity index is 2.74. The van der Waals surface area contributed by atoms with E-state index >= 15 is 0 Å². The van der Waals surface area contributed by atoms with Crippen molar-refractivity contribution in [1.82, 2.24) is 9.55 Å². The highest BCUT2D eigenvalue weighted by molar-refractivity contribution is 5.78. The van der Waals surface area contributed by atoms with E-state index in [0.717, 1.165) is 5.52 Å². The average Bonchev–Trinajstić information content (AvgIpc) is 2.53. The fourth-order valence-corrected chi connectivity index (χ4v) is 1.78. The van der Waals surface area contributed by atoms with E-state index in [2.05, 4.69) is 4.98 Å². The smallest absolute Gasteiger partial charge is 0.201 e. The molecule has 0 unspecified atom stereocenters. The maximum absolute atomic E-state index is 13.0. The van der Waals surface area contributed by atoms with Crippen molar-refractivity contribution in [2.75, 3.05) is 12.3 Å². The lowest BCUT2D eigenvalue weighted by Gasteiger charge is -2.25. The summed E-state index contributed by atoms with van der Waals surface area (Å²) in [6, 6.07) is 4.30. The molecular weight excluding hydrogens is 209 g/mol. The van der Waals surface area contributed by atoms with Crippen LogP contribution in [-0.4, -0.2) is 21.3 Å². The predicted octanol–water partition coefficient (Wildman–Crippen LogP) is 1.48. The summed E-state index contributed by atoms with van der Waals surface area (Å²) in [5, 5.41) is 9.33. The molecule has 0 saturated heterocycles. The van der Waals surface area contributed by atoms with Crippen molar-refractivity contribution >= 4 is 17.0 Å². The number of imidazole rings is 1. The SMILES string of the molecule is CC(C)(CO)n1c(N)nc2cc(F)ccc21. The summed E-state index contributed by atoms with van der Waals surface area (Å²) in [5.74, 6) is -0.0707. The predicted molar refractivity (Wildman–Crippen MR) is 60.5 cm³/mol. The molecule has 0 spiro atoms. The van der Waals surface area contributed by atoms with Crippen LogP contribution >= 0.6 is 0 Å². The molecule has 1 aromatic carbocycles. The summed E-state index contributed by atoms with van der Waals surface area (Å²) >= 11 is 0. The monoisotopic (exact) mass is 223 g/mol. The molecule has 1 heterocycles. The summed E-state index contributed by atoms with van der Waals surface area (Å²) < 4.78 is 14.7. The number of fused-ring (bicyclic) bond motifs is 1. The number of halogens is 1. The van der Waals surface area contributed by atoms with Crippen LogP contribution in [0.15, 0.2) is 18.2 Å². The van der Waals surface area contributed by atoms with Crippen LogP contribution in [-0.2, 0) is 5.54 Å². The van der Waals surface area contributed by atoms with Gasteiger partial charge in [-0.05, 0) is 26.0 Å². The molecule has 0 bridgehead atoms. The lowest BCUT2D eigenvalue weighted by Crippen LogP contribution is -2.31. The number of aliphatic hydroxyl groups is 1. The third kappa shape index (κ3) is 1.53. The number of aromatic nitrogens is 2. The lowest BCUT2D eigenvalue weighted by atomic mass is 10.1. The van der Waals surface area contributed by atoms with Crippen LogP contribution in [0.1, 0.15) is 13.8 Å². The Morgan fingerprint density at radius 2 is 2.19 bits per heavy atom. The topological polar surface area (TPSA) is 64.1 Å². The molecule has 3 N–H and O–H groups in total. The highest BCUT2D eigenvalue weighted by Crippen LogP contribution is 2.26. The van der Waals surface area contributed by atoms with Crippen LogP contribution in [0.25, 0.3) is 11.0 Å². The number of rotatable bonds is 2. The van der Waals surface area contributed by atoms with E-state index < -0.39 is 5.54 Å². The van der Waals surface area contributed by atoms with Crippen molar-refractivity contribution in [2.24, 2.45) is 0 Å². The Labute approximate surface area is 92.5 Å². The van der Waals surface area contributed by atoms with Gasteiger partial charge < -0.3 is 15.4 Å². The minimum atomic E-state index is -0.559. The van der Waals surface area contributed by atoms with Crippen LogP contribution in [0.5, 0.6) is 0 Å². The molecule has 0 radical (unpaired) electrons. The Morgan fingerprint density at radius 1 is 1.50 bits per heavy atom. The molecule has 0 aliphatic heterocycles. The van der Waals surface area contributed by atoms with Gasteiger partial charge in [0.2, 0.25) is 5.95 Å². The third-order valence-electron chi connectivity index (χ3n) is 2.63. The van der Waals surface area contributed by atoms with Gasteiger partial charge in [-0.15, -0.1) is 0 Å². The standard InChI is InChI=1S/C11H14FN3O/c1-11(2,6-16)15-9-4-3-7(12)5-8(9)14-10(15)13/h3-5,16H,6H2,1-2H3,(H2,13,14). The molecule has 2 rings (SSSR count). The van der Waals surface area contributed by atoms with Crippen molar-refractivity contribution in [1.29, 1.82) is 0 Å². The van der Waals surface area contributed by atoms with E-state index in [-0.39, 0.29) is 18.4 Å². The van der Waals surface area contributed by atoms with Gasteiger partial charge in [0.15, 0.2) is 0 Å². The number of benzene rings is 1. The minimum absolute atomic E-state index is 0.0694. The second-order valence-electron chi connectivity index (χ2n) is 4.41. The number of aliphatic hydroxyl groups excluding tert-OH is 1. The van der Waals surface area contributed by atoms with E-state index in [0.29, 0.717) is 5.52 Å². The fraction of sp³-hybridized carbons (Fsp3) is 0.364. The van der Waals surface area contributed by atoms with E-state index in [1.54, 1.807) is 10.6 Å². The first-order chi connectivity index (χ1) is 7.45. The van der Waals surface area contributed by atoms with Gasteiger partial charge in [0, 0.05) is 6.07 Å². The van der Waals surface area contributed by atoms with Gasteiger partial charge in [-0.1, -0.05) is 0 Å². The molecule has 5 heteroatoms. The summed E-state index contributed by atoms with van der Waals surface area (Å²) in [6.07, 6.45) is 0. The van der Waals surface area contributed by atoms with Gasteiger partial charge >= 0.3 is 0 Å². The van der Waals surface area contributed by atoms with Crippen LogP contribution in [0.3, 0.4) is 0 Å². The third-order valence-corrected chi connectivity index (χ3v) is 2.63. The van der Waals surface area contributed by atoms with Gasteiger partial charge in [0.05, 0.1) is 23.2 Å². The van der Waals surface area contributed by atoms with Crippen LogP contribution in [0, 0.1) is 5.82 Å². The van der Waals surface area contributed by atoms with E-state index in [1.807, 2.05) is 13.8 Å². The zero-order chi connectivity index (χ0) is 11.9. The zero-order valence-corrected chi connectivity index (χ0v) is 9.24. The van der Waals surface area contributed by atoms with Crippen molar-refractivity contribution in [3.05, 3.63) is 24.0 Å². The maximum Gasteiger partial charge on any atom is 0.201 e. The molecular formula is C11H14FN3O. The molecule has 2 aromatic rings. The Morgan fingerprint density at radius 3 is 2.81 bits per heavy atom. The molecule has 0 atom stereocenters. The van der Waals surface area contributed by atoms with Gasteiger partial charge in [-0.2, -0.15) is 0 Å². The summed E-state index contributed by atoms with van der Waals surface area (Å²) in [6.45, 7) is 3.61. The molecule has 0 fully saturated rings. The van der Waals surface area contributed by atoms with Gasteiger partial charge in [0.25, 0.3) is 0 Å². The number of hydrogen-bond donors (Lipinski definition) is 2. The lowest BCUT2D eigenvalue weighted by molar-refractivity contribution is 0.169. The first-order valence-electron chi connectivity index (χ1n) is 5.00. The second kappa shape index (κ2) is 3.45. The van der Waals surface area contributed by atoms with Crippen molar-refractivity contribution < 1.29 is 9.50 Å². The fourth-order valence-electron chi connectivity index (χ4n) is 1.78. The van der Waals surface area contributed by atoms with Crippen LogP contribution in [0.2, 0.25) is 0 Å². The number of hydrogen-bond acceptors (Lipinski definition) is 3. The number of nitrogens with two attached hydrogens (primary N) is 1. The number of anilines is 1. The van der Waals surface area contributed by atoms with Crippen molar-refractivity contribution in [3.8, 4) is 0 Å². The molecule has 86 valence electrons. The normalized spacial score (nSPS) is 12.2. The molecule has 16 heavy (non-hydrogen) atoms. The molecule has 0 amide bonds.